The molecule has 0 bridgehead atoms. The van der Waals surface area contributed by atoms with Crippen LogP contribution >= 0.6 is 0 Å². The predicted molar refractivity (Wildman–Crippen MR) is 82.8 cm³/mol. The number of hydrogen-bond donors (Lipinski definition) is 1. The molecule has 0 aliphatic heterocycles. The van der Waals surface area contributed by atoms with E-state index in [-0.39, 0.29) is 6.10 Å². The second-order valence-electron chi connectivity index (χ2n) is 6.07. The van der Waals surface area contributed by atoms with Crippen LogP contribution in [0.15, 0.2) is 30.5 Å². The average molecular weight is 270 g/mol. The van der Waals surface area contributed by atoms with Crippen LogP contribution in [0.1, 0.15) is 33.1 Å². The number of fused-ring (bicyclic) bond motifs is 1. The number of ether oxygens (including phenoxy) is 1. The minimum Gasteiger partial charge on any atom is -0.487 e. The lowest BCUT2D eigenvalue weighted by atomic mass is 9.80. The molecule has 1 aromatic carbocycles. The third-order valence-electron chi connectivity index (χ3n) is 4.59. The van der Waals surface area contributed by atoms with Gasteiger partial charge in [0.15, 0.2) is 5.75 Å². The lowest BCUT2D eigenvalue weighted by Gasteiger charge is -2.32. The third kappa shape index (κ3) is 2.45. The number of para-hydroxylation sites is 1. The minimum absolute atomic E-state index is 0.273. The van der Waals surface area contributed by atoms with Crippen molar-refractivity contribution in [3.05, 3.63) is 30.5 Å². The summed E-state index contributed by atoms with van der Waals surface area (Å²) in [6.45, 7) is 4.64. The summed E-state index contributed by atoms with van der Waals surface area (Å²) in [6, 6.07) is 8.01. The Balaban J connectivity index is 1.89. The smallest absolute Gasteiger partial charge is 0.153 e. The molecule has 2 N–H and O–H groups in total. The molecule has 0 spiro atoms. The second kappa shape index (κ2) is 5.31. The van der Waals surface area contributed by atoms with E-state index in [1.807, 2.05) is 24.3 Å². The van der Waals surface area contributed by atoms with Gasteiger partial charge in [-0.2, -0.15) is 0 Å². The summed E-state index contributed by atoms with van der Waals surface area (Å²) in [4.78, 5) is 4.36. The topological polar surface area (TPSA) is 48.1 Å². The molecule has 1 aliphatic carbocycles. The zero-order valence-corrected chi connectivity index (χ0v) is 12.2. The van der Waals surface area contributed by atoms with Gasteiger partial charge in [0.1, 0.15) is 0 Å². The fourth-order valence-corrected chi connectivity index (χ4v) is 3.03. The van der Waals surface area contributed by atoms with Gasteiger partial charge in [-0.05, 0) is 43.2 Å². The van der Waals surface area contributed by atoms with E-state index in [0.717, 1.165) is 35.4 Å². The van der Waals surface area contributed by atoms with Gasteiger partial charge in [-0.25, -0.2) is 0 Å². The molecule has 20 heavy (non-hydrogen) atoms. The molecule has 3 heteroatoms. The van der Waals surface area contributed by atoms with Gasteiger partial charge in [0.05, 0.1) is 23.5 Å². The fraction of sp³-hybridized carbons (Fsp3) is 0.471. The van der Waals surface area contributed by atoms with Crippen LogP contribution in [-0.4, -0.2) is 11.1 Å². The largest absolute Gasteiger partial charge is 0.487 e. The molecule has 2 aromatic rings. The number of nitrogens with two attached hydrogens (primary N) is 1. The number of pyridine rings is 1. The first-order valence-corrected chi connectivity index (χ1v) is 7.45. The molecule has 0 radical (unpaired) electrons. The van der Waals surface area contributed by atoms with Crippen LogP contribution in [0.4, 0.5) is 5.69 Å². The Kier molecular flexibility index (Phi) is 3.51. The molecule has 106 valence electrons. The lowest BCUT2D eigenvalue weighted by Crippen LogP contribution is -2.29. The number of benzene rings is 1. The zero-order valence-electron chi connectivity index (χ0n) is 12.2. The van der Waals surface area contributed by atoms with Crippen molar-refractivity contribution in [3.8, 4) is 5.75 Å². The van der Waals surface area contributed by atoms with Crippen LogP contribution in [0, 0.1) is 11.8 Å². The Morgan fingerprint density at radius 1 is 1.15 bits per heavy atom. The fourth-order valence-electron chi connectivity index (χ4n) is 3.03. The molecule has 3 unspecified atom stereocenters. The quantitative estimate of drug-likeness (QED) is 0.896. The average Bonchev–Trinajstić information content (AvgIpc) is 2.46. The molecule has 1 aromatic heterocycles. The maximum absolute atomic E-state index is 6.25. The second-order valence-corrected chi connectivity index (χ2v) is 6.07. The number of anilines is 1. The van der Waals surface area contributed by atoms with E-state index < -0.39 is 0 Å². The van der Waals surface area contributed by atoms with Gasteiger partial charge in [0, 0.05) is 5.39 Å². The van der Waals surface area contributed by atoms with Gasteiger partial charge >= 0.3 is 0 Å². The van der Waals surface area contributed by atoms with Crippen molar-refractivity contribution in [2.75, 3.05) is 5.73 Å². The van der Waals surface area contributed by atoms with E-state index in [2.05, 4.69) is 18.8 Å². The predicted octanol–water partition coefficient (Wildman–Crippen LogP) is 4.02. The molecule has 3 atom stereocenters. The Morgan fingerprint density at radius 3 is 2.75 bits per heavy atom. The van der Waals surface area contributed by atoms with Crippen molar-refractivity contribution >= 4 is 16.6 Å². The first-order valence-electron chi connectivity index (χ1n) is 7.45. The highest BCUT2D eigenvalue weighted by Gasteiger charge is 2.26. The molecule has 3 rings (SSSR count). The number of hydrogen-bond acceptors (Lipinski definition) is 3. The van der Waals surface area contributed by atoms with Gasteiger partial charge < -0.3 is 10.5 Å². The first kappa shape index (κ1) is 13.2. The highest BCUT2D eigenvalue weighted by atomic mass is 16.5. The van der Waals surface area contributed by atoms with Gasteiger partial charge in [0.2, 0.25) is 0 Å². The van der Waals surface area contributed by atoms with E-state index in [1.165, 1.54) is 6.42 Å². The van der Waals surface area contributed by atoms with Crippen molar-refractivity contribution in [2.24, 2.45) is 11.8 Å². The Hall–Kier alpha value is -1.77. The van der Waals surface area contributed by atoms with Crippen molar-refractivity contribution in [2.45, 2.75) is 39.2 Å². The van der Waals surface area contributed by atoms with Gasteiger partial charge in [-0.3, -0.25) is 4.98 Å². The van der Waals surface area contributed by atoms with Gasteiger partial charge in [0.25, 0.3) is 0 Å². The maximum Gasteiger partial charge on any atom is 0.153 e. The SMILES string of the molecule is CC1CCC(Oc2c(N)cnc3ccccc23)CC1C. The highest BCUT2D eigenvalue weighted by molar-refractivity contribution is 5.89. The van der Waals surface area contributed by atoms with Crippen molar-refractivity contribution in [1.82, 2.24) is 4.98 Å². The standard InChI is InChI=1S/C17H22N2O/c1-11-7-8-13(9-12(11)2)20-17-14-5-3-4-6-16(14)19-10-15(17)18/h3-6,10-13H,7-9,18H2,1-2H3. The van der Waals surface area contributed by atoms with Crippen LogP contribution in [0.5, 0.6) is 5.75 Å². The summed E-state index contributed by atoms with van der Waals surface area (Å²) in [5, 5.41) is 1.01. The molecular weight excluding hydrogens is 248 g/mol. The molecule has 0 amide bonds. The van der Waals surface area contributed by atoms with Crippen molar-refractivity contribution < 1.29 is 4.74 Å². The minimum atomic E-state index is 0.273. The summed E-state index contributed by atoms with van der Waals surface area (Å²) >= 11 is 0. The Bertz CT molecular complexity index is 611. The van der Waals surface area contributed by atoms with E-state index in [1.54, 1.807) is 6.20 Å². The van der Waals surface area contributed by atoms with Crippen molar-refractivity contribution in [3.63, 3.8) is 0 Å². The van der Waals surface area contributed by atoms with E-state index in [9.17, 15) is 0 Å². The summed E-state index contributed by atoms with van der Waals surface area (Å²) in [7, 11) is 0. The normalized spacial score (nSPS) is 26.6. The summed E-state index contributed by atoms with van der Waals surface area (Å²) in [5.41, 5.74) is 7.65. The molecule has 3 nitrogen and oxygen atoms in total. The Morgan fingerprint density at radius 2 is 1.95 bits per heavy atom. The van der Waals surface area contributed by atoms with E-state index in [4.69, 9.17) is 10.5 Å². The van der Waals surface area contributed by atoms with Crippen LogP contribution < -0.4 is 10.5 Å². The van der Waals surface area contributed by atoms with Crippen LogP contribution in [0.25, 0.3) is 10.9 Å². The lowest BCUT2D eigenvalue weighted by molar-refractivity contribution is 0.103. The number of rotatable bonds is 2. The molecule has 1 fully saturated rings. The van der Waals surface area contributed by atoms with E-state index in [0.29, 0.717) is 11.6 Å². The number of nitrogens with zero attached hydrogens (tertiary/aromatic N) is 1. The molecule has 0 saturated heterocycles. The third-order valence-corrected chi connectivity index (χ3v) is 4.59. The number of aromatic nitrogens is 1. The van der Waals surface area contributed by atoms with E-state index >= 15 is 0 Å². The van der Waals surface area contributed by atoms with Crippen molar-refractivity contribution in [1.29, 1.82) is 0 Å². The van der Waals surface area contributed by atoms with Crippen LogP contribution in [0.2, 0.25) is 0 Å². The summed E-state index contributed by atoms with van der Waals surface area (Å²) in [5.74, 6) is 2.31. The maximum atomic E-state index is 6.25. The summed E-state index contributed by atoms with van der Waals surface area (Å²) < 4.78 is 6.25. The van der Waals surface area contributed by atoms with Gasteiger partial charge in [-0.15, -0.1) is 0 Å². The molecule has 1 aliphatic rings. The highest BCUT2D eigenvalue weighted by Crippen LogP contribution is 2.36. The Labute approximate surface area is 120 Å². The molecular formula is C17H22N2O. The molecule has 1 saturated carbocycles. The molecule has 1 heterocycles. The first-order chi connectivity index (χ1) is 9.65. The van der Waals surface area contributed by atoms with Crippen LogP contribution in [-0.2, 0) is 0 Å². The van der Waals surface area contributed by atoms with Gasteiger partial charge in [-0.1, -0.05) is 26.0 Å². The van der Waals surface area contributed by atoms with Crippen LogP contribution in [0.3, 0.4) is 0 Å². The number of nitrogen functional groups attached to an aromatic ring is 1. The monoisotopic (exact) mass is 270 g/mol. The zero-order chi connectivity index (χ0) is 14.1. The summed E-state index contributed by atoms with van der Waals surface area (Å²) in [6.07, 6.45) is 5.43.